The first-order valence-corrected chi connectivity index (χ1v) is 5.71. The molecular formula is C13H16N2O2. The summed E-state index contributed by atoms with van der Waals surface area (Å²) in [5, 5.41) is 15.3. The van der Waals surface area contributed by atoms with Crippen LogP contribution in [0.4, 0.5) is 0 Å². The molecule has 1 saturated heterocycles. The van der Waals surface area contributed by atoms with Gasteiger partial charge in [-0.1, -0.05) is 24.3 Å². The van der Waals surface area contributed by atoms with Crippen LogP contribution in [0.5, 0.6) is 0 Å². The van der Waals surface area contributed by atoms with Crippen LogP contribution in [-0.4, -0.2) is 30.7 Å². The van der Waals surface area contributed by atoms with E-state index in [0.29, 0.717) is 6.04 Å². The van der Waals surface area contributed by atoms with E-state index in [9.17, 15) is 4.79 Å². The summed E-state index contributed by atoms with van der Waals surface area (Å²) >= 11 is 0. The Morgan fingerprint density at radius 1 is 1.29 bits per heavy atom. The molecule has 0 bridgehead atoms. The smallest absolute Gasteiger partial charge is 0.328 e. The van der Waals surface area contributed by atoms with E-state index in [1.807, 2.05) is 24.3 Å². The fourth-order valence-corrected chi connectivity index (χ4v) is 1.90. The van der Waals surface area contributed by atoms with Gasteiger partial charge in [-0.15, -0.1) is 0 Å². The first-order chi connectivity index (χ1) is 8.25. The molecule has 0 aliphatic carbocycles. The summed E-state index contributed by atoms with van der Waals surface area (Å²) in [6.45, 7) is 2.92. The second kappa shape index (κ2) is 5.61. The van der Waals surface area contributed by atoms with E-state index in [4.69, 9.17) is 5.11 Å². The van der Waals surface area contributed by atoms with Crippen LogP contribution in [0.3, 0.4) is 0 Å². The second-order valence-corrected chi connectivity index (χ2v) is 4.05. The maximum atomic E-state index is 10.4. The van der Waals surface area contributed by atoms with Gasteiger partial charge >= 0.3 is 5.97 Å². The molecule has 1 atom stereocenters. The quantitative estimate of drug-likeness (QED) is 0.681. The normalized spacial score (nSPS) is 20.6. The van der Waals surface area contributed by atoms with Crippen molar-refractivity contribution in [1.29, 1.82) is 0 Å². The molecule has 0 spiro atoms. The summed E-state index contributed by atoms with van der Waals surface area (Å²) < 4.78 is 0. The topological polar surface area (TPSA) is 61.4 Å². The Morgan fingerprint density at radius 2 is 2.06 bits per heavy atom. The molecule has 1 aromatic carbocycles. The van der Waals surface area contributed by atoms with Crippen LogP contribution in [0.25, 0.3) is 6.08 Å². The average Bonchev–Trinajstić information content (AvgIpc) is 2.38. The Kier molecular flexibility index (Phi) is 3.90. The Bertz CT molecular complexity index is 406. The SMILES string of the molecule is O=C(O)/C=C/c1ccc(C2CNCCN2)cc1. The molecule has 2 rings (SSSR count). The van der Waals surface area contributed by atoms with E-state index in [2.05, 4.69) is 10.6 Å². The second-order valence-electron chi connectivity index (χ2n) is 4.05. The highest BCUT2D eigenvalue weighted by Gasteiger charge is 2.13. The molecule has 1 heterocycles. The largest absolute Gasteiger partial charge is 0.478 e. The monoisotopic (exact) mass is 232 g/mol. The lowest BCUT2D eigenvalue weighted by molar-refractivity contribution is -0.131. The number of piperazine rings is 1. The highest BCUT2D eigenvalue weighted by molar-refractivity contribution is 5.85. The lowest BCUT2D eigenvalue weighted by atomic mass is 10.0. The van der Waals surface area contributed by atoms with Crippen molar-refractivity contribution in [2.24, 2.45) is 0 Å². The van der Waals surface area contributed by atoms with Crippen LogP contribution in [0.1, 0.15) is 17.2 Å². The molecule has 4 nitrogen and oxygen atoms in total. The molecule has 0 radical (unpaired) electrons. The third kappa shape index (κ3) is 3.41. The van der Waals surface area contributed by atoms with Crippen molar-refractivity contribution in [2.75, 3.05) is 19.6 Å². The van der Waals surface area contributed by atoms with Gasteiger partial charge in [-0.25, -0.2) is 4.79 Å². The molecule has 1 unspecified atom stereocenters. The number of hydrogen-bond donors (Lipinski definition) is 3. The molecule has 17 heavy (non-hydrogen) atoms. The van der Waals surface area contributed by atoms with Crippen molar-refractivity contribution in [3.63, 3.8) is 0 Å². The van der Waals surface area contributed by atoms with E-state index in [1.165, 1.54) is 5.56 Å². The summed E-state index contributed by atoms with van der Waals surface area (Å²) in [6, 6.07) is 8.29. The van der Waals surface area contributed by atoms with Crippen LogP contribution in [0.15, 0.2) is 30.3 Å². The molecule has 1 aliphatic rings. The molecule has 1 aliphatic heterocycles. The van der Waals surface area contributed by atoms with Crippen molar-refractivity contribution in [1.82, 2.24) is 10.6 Å². The van der Waals surface area contributed by atoms with E-state index >= 15 is 0 Å². The number of hydrogen-bond acceptors (Lipinski definition) is 3. The van der Waals surface area contributed by atoms with Gasteiger partial charge in [-0.2, -0.15) is 0 Å². The average molecular weight is 232 g/mol. The molecule has 0 amide bonds. The van der Waals surface area contributed by atoms with Gasteiger partial charge in [0, 0.05) is 31.8 Å². The minimum atomic E-state index is -0.924. The highest BCUT2D eigenvalue weighted by atomic mass is 16.4. The predicted molar refractivity (Wildman–Crippen MR) is 66.7 cm³/mol. The Hall–Kier alpha value is -1.65. The Labute approximate surface area is 100 Å². The number of benzene rings is 1. The molecular weight excluding hydrogens is 216 g/mol. The Balaban J connectivity index is 2.04. The summed E-state index contributed by atoms with van der Waals surface area (Å²) in [5.41, 5.74) is 2.13. The summed E-state index contributed by atoms with van der Waals surface area (Å²) in [7, 11) is 0. The van der Waals surface area contributed by atoms with Gasteiger partial charge in [0.25, 0.3) is 0 Å². The van der Waals surface area contributed by atoms with Crippen molar-refractivity contribution >= 4 is 12.0 Å². The van der Waals surface area contributed by atoms with Gasteiger partial charge in [0.2, 0.25) is 0 Å². The van der Waals surface area contributed by atoms with Crippen LogP contribution in [-0.2, 0) is 4.79 Å². The van der Waals surface area contributed by atoms with E-state index < -0.39 is 5.97 Å². The highest BCUT2D eigenvalue weighted by Crippen LogP contribution is 2.15. The molecule has 0 aromatic heterocycles. The molecule has 0 saturated carbocycles. The maximum Gasteiger partial charge on any atom is 0.328 e. The van der Waals surface area contributed by atoms with Gasteiger partial charge in [0.15, 0.2) is 0 Å². The summed E-state index contributed by atoms with van der Waals surface area (Å²) in [4.78, 5) is 10.4. The number of nitrogens with one attached hydrogen (secondary N) is 2. The van der Waals surface area contributed by atoms with Gasteiger partial charge in [0.05, 0.1) is 0 Å². The van der Waals surface area contributed by atoms with Gasteiger partial charge in [-0.3, -0.25) is 0 Å². The van der Waals surface area contributed by atoms with E-state index in [-0.39, 0.29) is 0 Å². The first kappa shape index (κ1) is 11.8. The van der Waals surface area contributed by atoms with Crippen molar-refractivity contribution in [2.45, 2.75) is 6.04 Å². The van der Waals surface area contributed by atoms with Crippen LogP contribution in [0.2, 0.25) is 0 Å². The fourth-order valence-electron chi connectivity index (χ4n) is 1.90. The zero-order chi connectivity index (χ0) is 12.1. The third-order valence-corrected chi connectivity index (χ3v) is 2.80. The van der Waals surface area contributed by atoms with Crippen molar-refractivity contribution in [3.8, 4) is 0 Å². The minimum Gasteiger partial charge on any atom is -0.478 e. The maximum absolute atomic E-state index is 10.4. The molecule has 90 valence electrons. The lowest BCUT2D eigenvalue weighted by Gasteiger charge is -2.24. The van der Waals surface area contributed by atoms with Gasteiger partial charge in [0.1, 0.15) is 0 Å². The number of rotatable bonds is 3. The lowest BCUT2D eigenvalue weighted by Crippen LogP contribution is -2.42. The minimum absolute atomic E-state index is 0.348. The fraction of sp³-hybridized carbons (Fsp3) is 0.308. The number of aliphatic carboxylic acids is 1. The van der Waals surface area contributed by atoms with Crippen molar-refractivity contribution in [3.05, 3.63) is 41.5 Å². The zero-order valence-electron chi connectivity index (χ0n) is 9.52. The zero-order valence-corrected chi connectivity index (χ0v) is 9.52. The molecule has 3 N–H and O–H groups in total. The molecule has 1 aromatic rings. The Morgan fingerprint density at radius 3 is 2.65 bits per heavy atom. The van der Waals surface area contributed by atoms with Gasteiger partial charge < -0.3 is 15.7 Å². The number of carbonyl (C=O) groups is 1. The summed E-state index contributed by atoms with van der Waals surface area (Å²) in [6.07, 6.45) is 2.74. The molecule has 1 fully saturated rings. The third-order valence-electron chi connectivity index (χ3n) is 2.80. The van der Waals surface area contributed by atoms with Crippen LogP contribution < -0.4 is 10.6 Å². The van der Waals surface area contributed by atoms with Crippen molar-refractivity contribution < 1.29 is 9.90 Å². The number of carboxylic acid groups (broad SMARTS) is 1. The standard InChI is InChI=1S/C13H16N2O2/c16-13(17)6-3-10-1-4-11(5-2-10)12-9-14-7-8-15-12/h1-6,12,14-15H,7-9H2,(H,16,17)/b6-3+. The van der Waals surface area contributed by atoms with Crippen LogP contribution >= 0.6 is 0 Å². The van der Waals surface area contributed by atoms with E-state index in [0.717, 1.165) is 31.3 Å². The first-order valence-electron chi connectivity index (χ1n) is 5.71. The van der Waals surface area contributed by atoms with Gasteiger partial charge in [-0.05, 0) is 17.2 Å². The predicted octanol–water partition coefficient (Wildman–Crippen LogP) is 1.02. The molecule has 4 heteroatoms. The number of carboxylic acids is 1. The summed E-state index contributed by atoms with van der Waals surface area (Å²) in [5.74, 6) is -0.924. The van der Waals surface area contributed by atoms with E-state index in [1.54, 1.807) is 6.08 Å². The van der Waals surface area contributed by atoms with Crippen LogP contribution in [0, 0.1) is 0 Å².